The van der Waals surface area contributed by atoms with Crippen molar-refractivity contribution in [3.05, 3.63) is 33.2 Å². The third kappa shape index (κ3) is 4.18. The van der Waals surface area contributed by atoms with Crippen molar-refractivity contribution in [3.8, 4) is 0 Å². The third-order valence-corrected chi connectivity index (χ3v) is 2.77. The molecule has 0 aliphatic rings. The van der Waals surface area contributed by atoms with E-state index in [4.69, 9.17) is 9.84 Å². The number of hydrogen-bond acceptors (Lipinski definition) is 4. The van der Waals surface area contributed by atoms with Crippen LogP contribution in [-0.4, -0.2) is 42.4 Å². The zero-order chi connectivity index (χ0) is 14.4. The number of pyridine rings is 1. The van der Waals surface area contributed by atoms with E-state index >= 15 is 0 Å². The first kappa shape index (κ1) is 15.4. The van der Waals surface area contributed by atoms with Gasteiger partial charge >= 0.3 is 0 Å². The molecule has 1 aromatic rings. The molecule has 0 saturated heterocycles. The number of methoxy groups -OCH3 is 1. The topological polar surface area (TPSA) is 91.4 Å². The Balaban J connectivity index is 2.91. The zero-order valence-electron chi connectivity index (χ0n) is 11.4. The highest BCUT2D eigenvalue weighted by Gasteiger charge is 2.18. The smallest absolute Gasteiger partial charge is 0.261 e. The number of aromatic amines is 1. The quantitative estimate of drug-likeness (QED) is 0.683. The van der Waals surface area contributed by atoms with E-state index in [-0.39, 0.29) is 24.8 Å². The average Bonchev–Trinajstić information content (AvgIpc) is 2.27. The zero-order valence-corrected chi connectivity index (χ0v) is 11.4. The molecular formula is C13H20N2O4. The van der Waals surface area contributed by atoms with Crippen LogP contribution >= 0.6 is 0 Å². The highest BCUT2D eigenvalue weighted by Crippen LogP contribution is 2.04. The van der Waals surface area contributed by atoms with E-state index in [2.05, 4.69) is 10.3 Å². The molecule has 19 heavy (non-hydrogen) atoms. The molecule has 0 radical (unpaired) electrons. The van der Waals surface area contributed by atoms with Gasteiger partial charge < -0.3 is 20.1 Å². The largest absolute Gasteiger partial charge is 0.396 e. The van der Waals surface area contributed by atoms with E-state index in [0.717, 1.165) is 0 Å². The minimum Gasteiger partial charge on any atom is -0.396 e. The van der Waals surface area contributed by atoms with Gasteiger partial charge in [-0.3, -0.25) is 9.59 Å². The summed E-state index contributed by atoms with van der Waals surface area (Å²) in [7, 11) is 1.51. The van der Waals surface area contributed by atoms with Crippen LogP contribution in [0.4, 0.5) is 0 Å². The maximum atomic E-state index is 12.1. The fourth-order valence-electron chi connectivity index (χ4n) is 1.95. The van der Waals surface area contributed by atoms with Crippen LogP contribution in [0.25, 0.3) is 0 Å². The Morgan fingerprint density at radius 1 is 1.53 bits per heavy atom. The molecule has 1 aromatic heterocycles. The van der Waals surface area contributed by atoms with Crippen LogP contribution in [-0.2, 0) is 4.74 Å². The minimum atomic E-state index is -0.450. The Hall–Kier alpha value is -1.66. The van der Waals surface area contributed by atoms with Gasteiger partial charge in [-0.25, -0.2) is 0 Å². The van der Waals surface area contributed by atoms with Crippen molar-refractivity contribution >= 4 is 5.91 Å². The molecular weight excluding hydrogens is 248 g/mol. The summed E-state index contributed by atoms with van der Waals surface area (Å²) in [5.41, 5.74) is 1.03. The van der Waals surface area contributed by atoms with Gasteiger partial charge in [0, 0.05) is 19.4 Å². The maximum absolute atomic E-state index is 12.1. The Morgan fingerprint density at radius 3 is 2.74 bits per heavy atom. The van der Waals surface area contributed by atoms with Gasteiger partial charge in [0.2, 0.25) is 0 Å². The number of carbonyl (C=O) groups is 1. The molecule has 6 heteroatoms. The molecule has 1 unspecified atom stereocenters. The van der Waals surface area contributed by atoms with Gasteiger partial charge in [-0.2, -0.15) is 0 Å². The minimum absolute atomic E-state index is 0.0580. The van der Waals surface area contributed by atoms with E-state index in [9.17, 15) is 9.59 Å². The second-order valence-electron chi connectivity index (χ2n) is 4.48. The summed E-state index contributed by atoms with van der Waals surface area (Å²) in [6.45, 7) is 3.71. The summed E-state index contributed by atoms with van der Waals surface area (Å²) >= 11 is 0. The second-order valence-corrected chi connectivity index (χ2v) is 4.48. The van der Waals surface area contributed by atoms with Crippen molar-refractivity contribution in [1.82, 2.24) is 10.3 Å². The molecule has 6 nitrogen and oxygen atoms in total. The lowest BCUT2D eigenvalue weighted by molar-refractivity contribution is 0.0876. The fraction of sp³-hybridized carbons (Fsp3) is 0.538. The SMILES string of the molecule is COCC(CCO)NC(=O)c1c(C)cc(C)[nH]c1=O. The molecule has 0 fully saturated rings. The number of hydrogen-bond donors (Lipinski definition) is 3. The number of nitrogens with one attached hydrogen (secondary N) is 2. The predicted octanol–water partition coefficient (Wildman–Crippen LogP) is 0.119. The molecule has 0 bridgehead atoms. The van der Waals surface area contributed by atoms with Crippen molar-refractivity contribution < 1.29 is 14.6 Å². The van der Waals surface area contributed by atoms with Crippen molar-refractivity contribution in [1.29, 1.82) is 0 Å². The number of amides is 1. The number of ether oxygens (including phenoxy) is 1. The lowest BCUT2D eigenvalue weighted by atomic mass is 10.1. The number of carbonyl (C=O) groups excluding carboxylic acids is 1. The van der Waals surface area contributed by atoms with Crippen molar-refractivity contribution in [2.75, 3.05) is 20.3 Å². The van der Waals surface area contributed by atoms with Gasteiger partial charge in [0.1, 0.15) is 5.56 Å². The van der Waals surface area contributed by atoms with Gasteiger partial charge in [-0.15, -0.1) is 0 Å². The van der Waals surface area contributed by atoms with Crippen molar-refractivity contribution in [2.24, 2.45) is 0 Å². The molecule has 0 spiro atoms. The first-order chi connectivity index (χ1) is 8.99. The number of rotatable bonds is 6. The number of aryl methyl sites for hydroxylation is 2. The number of aromatic nitrogens is 1. The van der Waals surface area contributed by atoms with Crippen LogP contribution in [0.15, 0.2) is 10.9 Å². The predicted molar refractivity (Wildman–Crippen MR) is 71.4 cm³/mol. The molecule has 0 aliphatic heterocycles. The van der Waals surface area contributed by atoms with Crippen LogP contribution < -0.4 is 10.9 Å². The normalized spacial score (nSPS) is 12.2. The maximum Gasteiger partial charge on any atom is 0.261 e. The summed E-state index contributed by atoms with van der Waals surface area (Å²) in [5, 5.41) is 11.6. The van der Waals surface area contributed by atoms with Crippen LogP contribution in [0, 0.1) is 13.8 Å². The molecule has 1 heterocycles. The standard InChI is InChI=1S/C13H20N2O4/c1-8-6-9(2)14-12(17)11(8)13(18)15-10(4-5-16)7-19-3/h6,10,16H,4-5,7H2,1-3H3,(H,14,17)(H,15,18). The van der Waals surface area contributed by atoms with Crippen molar-refractivity contribution in [2.45, 2.75) is 26.3 Å². The Morgan fingerprint density at radius 2 is 2.21 bits per heavy atom. The number of H-pyrrole nitrogens is 1. The molecule has 1 atom stereocenters. The molecule has 0 aliphatic carbocycles. The first-order valence-corrected chi connectivity index (χ1v) is 6.10. The van der Waals surface area contributed by atoms with Crippen LogP contribution in [0.1, 0.15) is 28.0 Å². The van der Waals surface area contributed by atoms with Crippen LogP contribution in [0.3, 0.4) is 0 Å². The third-order valence-electron chi connectivity index (χ3n) is 2.77. The Kier molecular flexibility index (Phi) is 5.72. The Labute approximate surface area is 111 Å². The lowest BCUT2D eigenvalue weighted by Crippen LogP contribution is -2.41. The first-order valence-electron chi connectivity index (χ1n) is 6.10. The van der Waals surface area contributed by atoms with Gasteiger partial charge in [0.15, 0.2) is 0 Å². The number of aliphatic hydroxyl groups is 1. The summed E-state index contributed by atoms with van der Waals surface area (Å²) in [5.74, 6) is -0.450. The van der Waals surface area contributed by atoms with Crippen LogP contribution in [0.5, 0.6) is 0 Å². The van der Waals surface area contributed by atoms with E-state index < -0.39 is 11.5 Å². The van der Waals surface area contributed by atoms with E-state index in [1.54, 1.807) is 19.9 Å². The summed E-state index contributed by atoms with van der Waals surface area (Å²) in [6.07, 6.45) is 0.377. The molecule has 0 saturated carbocycles. The van der Waals surface area contributed by atoms with Crippen molar-refractivity contribution in [3.63, 3.8) is 0 Å². The highest BCUT2D eigenvalue weighted by molar-refractivity contribution is 5.95. The van der Waals surface area contributed by atoms with E-state index in [1.807, 2.05) is 0 Å². The molecule has 1 rings (SSSR count). The van der Waals surface area contributed by atoms with Gasteiger partial charge in [0.25, 0.3) is 11.5 Å². The average molecular weight is 268 g/mol. The second kappa shape index (κ2) is 7.06. The fourth-order valence-corrected chi connectivity index (χ4v) is 1.95. The Bertz CT molecular complexity index is 490. The van der Waals surface area contributed by atoms with Gasteiger partial charge in [-0.05, 0) is 31.9 Å². The molecule has 106 valence electrons. The number of aliphatic hydroxyl groups excluding tert-OH is 1. The summed E-state index contributed by atoms with van der Waals surface area (Å²) in [6, 6.07) is 1.43. The van der Waals surface area contributed by atoms with E-state index in [0.29, 0.717) is 17.7 Å². The van der Waals surface area contributed by atoms with Gasteiger partial charge in [0.05, 0.1) is 12.6 Å². The summed E-state index contributed by atoms with van der Waals surface area (Å²) in [4.78, 5) is 26.5. The van der Waals surface area contributed by atoms with E-state index in [1.165, 1.54) is 7.11 Å². The lowest BCUT2D eigenvalue weighted by Gasteiger charge is -2.17. The molecule has 3 N–H and O–H groups in total. The van der Waals surface area contributed by atoms with Gasteiger partial charge in [-0.1, -0.05) is 0 Å². The molecule has 1 amide bonds. The summed E-state index contributed by atoms with van der Waals surface area (Å²) < 4.78 is 4.96. The van der Waals surface area contributed by atoms with Crippen LogP contribution in [0.2, 0.25) is 0 Å². The monoisotopic (exact) mass is 268 g/mol. The molecule has 0 aromatic carbocycles. The highest BCUT2D eigenvalue weighted by atomic mass is 16.5.